The number of Topliss-reactive ketones (excluding diaryl/α,β-unsaturated/α-hetero) is 1. The number of ether oxygens (including phenoxy) is 1. The first-order valence-electron chi connectivity index (χ1n) is 8.84. The van der Waals surface area contributed by atoms with Crippen LogP contribution in [-0.2, 0) is 16.0 Å². The molecule has 1 aromatic heterocycles. The summed E-state index contributed by atoms with van der Waals surface area (Å²) in [6, 6.07) is 7.49. The molecule has 3 N–H and O–H groups in total. The molecule has 3 rings (SSSR count). The second kappa shape index (κ2) is 10.7. The van der Waals surface area contributed by atoms with Gasteiger partial charge >= 0.3 is 11.9 Å². The third kappa shape index (κ3) is 7.86. The van der Waals surface area contributed by atoms with Crippen LogP contribution in [0.2, 0.25) is 0 Å². The van der Waals surface area contributed by atoms with Crippen LogP contribution < -0.4 is 4.74 Å². The van der Waals surface area contributed by atoms with E-state index < -0.39 is 11.9 Å². The SMILES string of the molecule is O=C(O)/C=C/C(=O)O.O=C(c1ccc(OCCCc2cnc[nH]2)cc1)C1CC1. The van der Waals surface area contributed by atoms with Gasteiger partial charge in [-0.15, -0.1) is 0 Å². The van der Waals surface area contributed by atoms with E-state index in [4.69, 9.17) is 14.9 Å². The summed E-state index contributed by atoms with van der Waals surface area (Å²) in [5.74, 6) is -1.14. The predicted octanol–water partition coefficient (Wildman–Crippen LogP) is 2.73. The Bertz CT molecular complexity index is 792. The van der Waals surface area contributed by atoms with E-state index in [-0.39, 0.29) is 11.7 Å². The lowest BCUT2D eigenvalue weighted by Crippen LogP contribution is -2.02. The summed E-state index contributed by atoms with van der Waals surface area (Å²) in [6.45, 7) is 0.662. The first-order chi connectivity index (χ1) is 13.5. The zero-order valence-electron chi connectivity index (χ0n) is 15.2. The van der Waals surface area contributed by atoms with Gasteiger partial charge in [-0.25, -0.2) is 14.6 Å². The van der Waals surface area contributed by atoms with Gasteiger partial charge in [-0.3, -0.25) is 4.79 Å². The first kappa shape index (κ1) is 20.9. The molecular weight excluding hydrogens is 364 g/mol. The number of carbonyl (C=O) groups excluding carboxylic acids is 1. The molecule has 0 unspecified atom stereocenters. The molecule has 8 heteroatoms. The topological polar surface area (TPSA) is 130 Å². The lowest BCUT2D eigenvalue weighted by molar-refractivity contribution is -0.134. The van der Waals surface area contributed by atoms with Crippen molar-refractivity contribution in [3.05, 3.63) is 60.2 Å². The second-order valence-electron chi connectivity index (χ2n) is 6.20. The molecular formula is C20H22N2O6. The fraction of sp³-hybridized carbons (Fsp3) is 0.300. The van der Waals surface area contributed by atoms with Crippen LogP contribution in [0.15, 0.2) is 48.9 Å². The number of carboxylic acid groups (broad SMARTS) is 2. The van der Waals surface area contributed by atoms with Crippen molar-refractivity contribution in [1.82, 2.24) is 9.97 Å². The van der Waals surface area contributed by atoms with Crippen molar-refractivity contribution in [2.75, 3.05) is 6.61 Å². The molecule has 0 radical (unpaired) electrons. The third-order valence-corrected chi connectivity index (χ3v) is 3.87. The van der Waals surface area contributed by atoms with Gasteiger partial charge in [0.1, 0.15) is 5.75 Å². The number of ketones is 1. The summed E-state index contributed by atoms with van der Waals surface area (Å²) in [6.07, 6.45) is 8.59. The Hall–Kier alpha value is -3.42. The van der Waals surface area contributed by atoms with Gasteiger partial charge in [0, 0.05) is 35.5 Å². The number of carbonyl (C=O) groups is 3. The Kier molecular flexibility index (Phi) is 7.95. The zero-order valence-corrected chi connectivity index (χ0v) is 15.2. The van der Waals surface area contributed by atoms with Crippen LogP contribution in [0.25, 0.3) is 0 Å². The van der Waals surface area contributed by atoms with Gasteiger partial charge in [0.05, 0.1) is 12.9 Å². The summed E-state index contributed by atoms with van der Waals surface area (Å²) in [4.78, 5) is 38.0. The maximum absolute atomic E-state index is 11.9. The van der Waals surface area contributed by atoms with E-state index in [1.807, 2.05) is 30.5 Å². The maximum atomic E-state index is 11.9. The van der Waals surface area contributed by atoms with Crippen LogP contribution in [0.4, 0.5) is 0 Å². The van der Waals surface area contributed by atoms with E-state index in [1.165, 1.54) is 0 Å². The Morgan fingerprint density at radius 3 is 2.25 bits per heavy atom. The third-order valence-electron chi connectivity index (χ3n) is 3.87. The molecule has 0 bridgehead atoms. The molecule has 0 amide bonds. The summed E-state index contributed by atoms with van der Waals surface area (Å²) >= 11 is 0. The molecule has 28 heavy (non-hydrogen) atoms. The number of rotatable bonds is 9. The van der Waals surface area contributed by atoms with Gasteiger partial charge in [0.25, 0.3) is 0 Å². The number of aliphatic carboxylic acids is 2. The lowest BCUT2D eigenvalue weighted by atomic mass is 10.1. The van der Waals surface area contributed by atoms with Crippen LogP contribution in [-0.4, -0.2) is 44.5 Å². The highest BCUT2D eigenvalue weighted by Crippen LogP contribution is 2.32. The fourth-order valence-electron chi connectivity index (χ4n) is 2.31. The summed E-state index contributed by atoms with van der Waals surface area (Å²) < 4.78 is 5.67. The van der Waals surface area contributed by atoms with Gasteiger partial charge in [-0.1, -0.05) is 0 Å². The smallest absolute Gasteiger partial charge is 0.328 e. The molecule has 8 nitrogen and oxygen atoms in total. The van der Waals surface area contributed by atoms with E-state index in [0.717, 1.165) is 42.7 Å². The number of hydrogen-bond donors (Lipinski definition) is 3. The van der Waals surface area contributed by atoms with Gasteiger partial charge in [0.15, 0.2) is 5.78 Å². The van der Waals surface area contributed by atoms with Gasteiger partial charge in [-0.2, -0.15) is 0 Å². The summed E-state index contributed by atoms with van der Waals surface area (Å²) in [5, 5.41) is 15.6. The normalized spacial score (nSPS) is 12.9. The van der Waals surface area contributed by atoms with Gasteiger partial charge in [-0.05, 0) is 49.9 Å². The number of benzene rings is 1. The van der Waals surface area contributed by atoms with E-state index >= 15 is 0 Å². The van der Waals surface area contributed by atoms with Crippen molar-refractivity contribution in [1.29, 1.82) is 0 Å². The van der Waals surface area contributed by atoms with E-state index in [0.29, 0.717) is 18.8 Å². The van der Waals surface area contributed by atoms with Crippen molar-refractivity contribution in [3.63, 3.8) is 0 Å². The molecule has 1 aliphatic carbocycles. The minimum absolute atomic E-state index is 0.274. The van der Waals surface area contributed by atoms with Crippen LogP contribution in [0.1, 0.15) is 35.3 Å². The number of carboxylic acids is 2. The Morgan fingerprint density at radius 2 is 1.75 bits per heavy atom. The van der Waals surface area contributed by atoms with Crippen LogP contribution in [0, 0.1) is 5.92 Å². The number of imidazole rings is 1. The number of nitrogens with zero attached hydrogens (tertiary/aromatic N) is 1. The summed E-state index contributed by atoms with van der Waals surface area (Å²) in [7, 11) is 0. The highest BCUT2D eigenvalue weighted by molar-refractivity contribution is 5.99. The maximum Gasteiger partial charge on any atom is 0.328 e. The van der Waals surface area contributed by atoms with Crippen molar-refractivity contribution in [3.8, 4) is 5.75 Å². The average molecular weight is 386 g/mol. The van der Waals surface area contributed by atoms with E-state index in [9.17, 15) is 14.4 Å². The van der Waals surface area contributed by atoms with Crippen LogP contribution >= 0.6 is 0 Å². The van der Waals surface area contributed by atoms with Crippen molar-refractivity contribution in [2.45, 2.75) is 25.7 Å². The van der Waals surface area contributed by atoms with Crippen molar-refractivity contribution < 1.29 is 29.3 Å². The van der Waals surface area contributed by atoms with Crippen molar-refractivity contribution >= 4 is 17.7 Å². The average Bonchev–Trinajstić information content (AvgIpc) is 3.40. The number of aryl methyl sites for hydroxylation is 1. The number of H-pyrrole nitrogens is 1. The fourth-order valence-corrected chi connectivity index (χ4v) is 2.31. The van der Waals surface area contributed by atoms with Crippen molar-refractivity contribution in [2.24, 2.45) is 5.92 Å². The molecule has 1 saturated carbocycles. The molecule has 0 atom stereocenters. The molecule has 1 aliphatic rings. The number of aromatic amines is 1. The zero-order chi connectivity index (χ0) is 20.4. The Morgan fingerprint density at radius 1 is 1.11 bits per heavy atom. The summed E-state index contributed by atoms with van der Waals surface area (Å²) in [5.41, 5.74) is 1.93. The van der Waals surface area contributed by atoms with Gasteiger partial charge in [0.2, 0.25) is 0 Å². The number of hydrogen-bond acceptors (Lipinski definition) is 5. The van der Waals surface area contributed by atoms with Crippen LogP contribution in [0.3, 0.4) is 0 Å². The quantitative estimate of drug-likeness (QED) is 0.343. The standard InChI is InChI=1S/C16H18N2O2.C4H4O4/c19-16(12-3-4-12)13-5-7-15(8-6-13)20-9-1-2-14-10-17-11-18-14;5-3(6)1-2-4(7)8/h5-8,10-12H,1-4,9H2,(H,17,18);1-2H,(H,5,6)(H,7,8)/b;2-1+. The molecule has 1 aromatic carbocycles. The highest BCUT2D eigenvalue weighted by Gasteiger charge is 2.30. The molecule has 0 saturated heterocycles. The number of nitrogens with one attached hydrogen (secondary N) is 1. The molecule has 0 aliphatic heterocycles. The molecule has 1 fully saturated rings. The van der Waals surface area contributed by atoms with Crippen LogP contribution in [0.5, 0.6) is 5.75 Å². The minimum Gasteiger partial charge on any atom is -0.494 e. The Labute approximate surface area is 161 Å². The number of aromatic nitrogens is 2. The monoisotopic (exact) mass is 386 g/mol. The molecule has 0 spiro atoms. The first-order valence-corrected chi connectivity index (χ1v) is 8.84. The predicted molar refractivity (Wildman–Crippen MR) is 100 cm³/mol. The lowest BCUT2D eigenvalue weighted by Gasteiger charge is -2.06. The molecule has 148 valence electrons. The molecule has 1 heterocycles. The Balaban J connectivity index is 0.000000300. The minimum atomic E-state index is -1.26. The highest BCUT2D eigenvalue weighted by atomic mass is 16.5. The molecule has 2 aromatic rings. The largest absolute Gasteiger partial charge is 0.494 e. The van der Waals surface area contributed by atoms with E-state index in [2.05, 4.69) is 9.97 Å². The van der Waals surface area contributed by atoms with Gasteiger partial charge < -0.3 is 19.9 Å². The van der Waals surface area contributed by atoms with E-state index in [1.54, 1.807) is 6.33 Å². The second-order valence-corrected chi connectivity index (χ2v) is 6.20.